The van der Waals surface area contributed by atoms with Crippen LogP contribution in [0, 0.1) is 6.92 Å². The smallest absolute Gasteiger partial charge is 0.134 e. The number of aryl methyl sites for hydroxylation is 1. The highest BCUT2D eigenvalue weighted by molar-refractivity contribution is 5.78. The number of rotatable bonds is 2. The summed E-state index contributed by atoms with van der Waals surface area (Å²) in [6, 6.07) is 8.77. The van der Waals surface area contributed by atoms with Gasteiger partial charge in [0.15, 0.2) is 0 Å². The minimum absolute atomic E-state index is 0.366. The van der Waals surface area contributed by atoms with Gasteiger partial charge in [0.2, 0.25) is 0 Å². The highest BCUT2D eigenvalue weighted by atomic mass is 16.3. The van der Waals surface area contributed by atoms with Gasteiger partial charge in [-0.05, 0) is 38.6 Å². The summed E-state index contributed by atoms with van der Waals surface area (Å²) in [6.45, 7) is 4.11. The highest BCUT2D eigenvalue weighted by Gasteiger charge is 2.05. The van der Waals surface area contributed by atoms with E-state index in [2.05, 4.69) is 36.5 Å². The van der Waals surface area contributed by atoms with Gasteiger partial charge >= 0.3 is 0 Å². The van der Waals surface area contributed by atoms with Crippen LogP contribution in [0.15, 0.2) is 28.7 Å². The molecule has 0 fully saturated rings. The molecule has 2 nitrogen and oxygen atoms in total. The zero-order valence-corrected chi connectivity index (χ0v) is 8.79. The maximum Gasteiger partial charge on any atom is 0.134 e. The van der Waals surface area contributed by atoms with E-state index in [9.17, 15) is 0 Å². The molecule has 0 radical (unpaired) electrons. The van der Waals surface area contributed by atoms with Crippen LogP contribution >= 0.6 is 0 Å². The molecule has 1 unspecified atom stereocenters. The number of nitrogens with one attached hydrogen (secondary N) is 1. The van der Waals surface area contributed by atoms with Gasteiger partial charge in [0.1, 0.15) is 11.3 Å². The Morgan fingerprint density at radius 2 is 2.07 bits per heavy atom. The van der Waals surface area contributed by atoms with E-state index < -0.39 is 0 Å². The largest absolute Gasteiger partial charge is 0.461 e. The van der Waals surface area contributed by atoms with Gasteiger partial charge in [0.05, 0.1) is 0 Å². The predicted molar refractivity (Wildman–Crippen MR) is 58.4 cm³/mol. The van der Waals surface area contributed by atoms with Crippen LogP contribution in [-0.2, 0) is 0 Å². The van der Waals surface area contributed by atoms with Crippen molar-refractivity contribution in [1.82, 2.24) is 5.32 Å². The first-order valence-electron chi connectivity index (χ1n) is 4.88. The Morgan fingerprint density at radius 1 is 1.29 bits per heavy atom. The summed E-state index contributed by atoms with van der Waals surface area (Å²) in [4.78, 5) is 0. The normalized spacial score (nSPS) is 13.4. The van der Waals surface area contributed by atoms with Crippen LogP contribution in [0.4, 0.5) is 0 Å². The molecule has 0 saturated heterocycles. The molecular weight excluding hydrogens is 174 g/mol. The zero-order chi connectivity index (χ0) is 10.1. The first-order valence-corrected chi connectivity index (χ1v) is 4.88. The summed E-state index contributed by atoms with van der Waals surface area (Å²) in [5.41, 5.74) is 2.23. The van der Waals surface area contributed by atoms with Gasteiger partial charge in [-0.3, -0.25) is 0 Å². The summed E-state index contributed by atoms with van der Waals surface area (Å²) in [5, 5.41) is 4.39. The topological polar surface area (TPSA) is 25.2 Å². The number of fused-ring (bicyclic) bond motifs is 1. The van der Waals surface area contributed by atoms with E-state index in [-0.39, 0.29) is 0 Å². The summed E-state index contributed by atoms with van der Waals surface area (Å²) in [6.07, 6.45) is 0. The maximum atomic E-state index is 5.58. The number of benzene rings is 1. The number of hydrogen-bond donors (Lipinski definition) is 1. The van der Waals surface area contributed by atoms with E-state index in [1.165, 1.54) is 10.9 Å². The molecule has 14 heavy (non-hydrogen) atoms. The third-order valence-electron chi connectivity index (χ3n) is 2.60. The Morgan fingerprint density at radius 3 is 2.79 bits per heavy atom. The Hall–Kier alpha value is -1.28. The van der Waals surface area contributed by atoms with E-state index >= 15 is 0 Å². The van der Waals surface area contributed by atoms with Crippen molar-refractivity contribution < 1.29 is 4.42 Å². The lowest BCUT2D eigenvalue weighted by molar-refractivity contribution is 0.576. The molecule has 0 aliphatic heterocycles. The molecule has 1 atom stereocenters. The van der Waals surface area contributed by atoms with E-state index in [1.807, 2.05) is 14.0 Å². The lowest BCUT2D eigenvalue weighted by Crippen LogP contribution is -2.11. The minimum atomic E-state index is 0.366. The fourth-order valence-corrected chi connectivity index (χ4v) is 1.62. The molecule has 1 aromatic carbocycles. The maximum absolute atomic E-state index is 5.58. The second-order valence-electron chi connectivity index (χ2n) is 3.66. The fourth-order valence-electron chi connectivity index (χ4n) is 1.62. The second-order valence-corrected chi connectivity index (χ2v) is 3.66. The Labute approximate surface area is 83.9 Å². The predicted octanol–water partition coefficient (Wildman–Crippen LogP) is 3.02. The minimum Gasteiger partial charge on any atom is -0.461 e. The molecule has 1 N–H and O–H groups in total. The van der Waals surface area contributed by atoms with Crippen molar-refractivity contribution in [3.63, 3.8) is 0 Å². The lowest BCUT2D eigenvalue weighted by atomic mass is 10.1. The summed E-state index contributed by atoms with van der Waals surface area (Å²) < 4.78 is 5.58. The molecule has 0 bridgehead atoms. The number of hydrogen-bond acceptors (Lipinski definition) is 2. The van der Waals surface area contributed by atoms with Gasteiger partial charge in [0, 0.05) is 11.4 Å². The van der Waals surface area contributed by atoms with Gasteiger partial charge in [-0.2, -0.15) is 0 Å². The second kappa shape index (κ2) is 3.46. The Kier molecular flexibility index (Phi) is 2.30. The van der Waals surface area contributed by atoms with Crippen LogP contribution in [0.5, 0.6) is 0 Å². The SMILES string of the molecule is CNC(C)c1ccc2cc(C)oc2c1. The lowest BCUT2D eigenvalue weighted by Gasteiger charge is -2.09. The van der Waals surface area contributed by atoms with Gasteiger partial charge in [0.25, 0.3) is 0 Å². The first kappa shape index (κ1) is 9.28. The molecule has 0 saturated carbocycles. The van der Waals surface area contributed by atoms with Crippen molar-refractivity contribution in [2.75, 3.05) is 7.05 Å². The molecule has 2 heteroatoms. The van der Waals surface area contributed by atoms with Gasteiger partial charge < -0.3 is 9.73 Å². The van der Waals surface area contributed by atoms with Gasteiger partial charge in [-0.15, -0.1) is 0 Å². The average molecular weight is 189 g/mol. The summed E-state index contributed by atoms with van der Waals surface area (Å²) in [7, 11) is 1.96. The molecule has 2 rings (SSSR count). The standard InChI is InChI=1S/C12H15NO/c1-8-6-11-5-4-10(9(2)13-3)7-12(11)14-8/h4-7,9,13H,1-3H3. The molecule has 0 spiro atoms. The molecule has 1 aromatic heterocycles. The third kappa shape index (κ3) is 1.53. The molecule has 0 aliphatic rings. The number of furan rings is 1. The van der Waals surface area contributed by atoms with Crippen LogP contribution in [-0.4, -0.2) is 7.05 Å². The molecule has 0 amide bonds. The Balaban J connectivity index is 2.50. The summed E-state index contributed by atoms with van der Waals surface area (Å²) in [5.74, 6) is 0.967. The first-order chi connectivity index (χ1) is 6.70. The Bertz CT molecular complexity index is 445. The van der Waals surface area contributed by atoms with Crippen molar-refractivity contribution in [3.8, 4) is 0 Å². The molecular formula is C12H15NO. The van der Waals surface area contributed by atoms with E-state index in [4.69, 9.17) is 4.42 Å². The van der Waals surface area contributed by atoms with E-state index in [0.717, 1.165) is 11.3 Å². The van der Waals surface area contributed by atoms with Crippen LogP contribution < -0.4 is 5.32 Å². The van der Waals surface area contributed by atoms with Crippen molar-refractivity contribution in [3.05, 3.63) is 35.6 Å². The third-order valence-corrected chi connectivity index (χ3v) is 2.60. The van der Waals surface area contributed by atoms with E-state index in [1.54, 1.807) is 0 Å². The van der Waals surface area contributed by atoms with Gasteiger partial charge in [-0.25, -0.2) is 0 Å². The quantitative estimate of drug-likeness (QED) is 0.785. The molecule has 74 valence electrons. The van der Waals surface area contributed by atoms with Gasteiger partial charge in [-0.1, -0.05) is 12.1 Å². The van der Waals surface area contributed by atoms with Crippen molar-refractivity contribution in [2.24, 2.45) is 0 Å². The average Bonchev–Trinajstić information content (AvgIpc) is 2.55. The van der Waals surface area contributed by atoms with Crippen LogP contribution in [0.2, 0.25) is 0 Å². The molecule has 2 aromatic rings. The highest BCUT2D eigenvalue weighted by Crippen LogP contribution is 2.22. The zero-order valence-electron chi connectivity index (χ0n) is 8.79. The molecule has 0 aliphatic carbocycles. The monoisotopic (exact) mass is 189 g/mol. The van der Waals surface area contributed by atoms with Crippen molar-refractivity contribution in [2.45, 2.75) is 19.9 Å². The molecule has 1 heterocycles. The van der Waals surface area contributed by atoms with Crippen LogP contribution in [0.1, 0.15) is 24.3 Å². The van der Waals surface area contributed by atoms with Crippen LogP contribution in [0.3, 0.4) is 0 Å². The summed E-state index contributed by atoms with van der Waals surface area (Å²) >= 11 is 0. The fraction of sp³-hybridized carbons (Fsp3) is 0.333. The van der Waals surface area contributed by atoms with Crippen molar-refractivity contribution in [1.29, 1.82) is 0 Å². The van der Waals surface area contributed by atoms with Crippen molar-refractivity contribution >= 4 is 11.0 Å². The van der Waals surface area contributed by atoms with E-state index in [0.29, 0.717) is 6.04 Å². The van der Waals surface area contributed by atoms with Crippen LogP contribution in [0.25, 0.3) is 11.0 Å².